The lowest BCUT2D eigenvalue weighted by molar-refractivity contribution is 0.140. The highest BCUT2D eigenvalue weighted by Crippen LogP contribution is 2.21. The first-order valence-electron chi connectivity index (χ1n) is 8.08. The minimum Gasteiger partial charge on any atom is -0.388 e. The molecule has 1 aliphatic heterocycles. The van der Waals surface area contributed by atoms with Gasteiger partial charge in [0.15, 0.2) is 10.6 Å². The molecule has 1 fully saturated rings. The maximum Gasteiger partial charge on any atom is 0.199 e. The van der Waals surface area contributed by atoms with E-state index < -0.39 is 0 Å². The summed E-state index contributed by atoms with van der Waals surface area (Å²) in [7, 11) is 0. The van der Waals surface area contributed by atoms with Crippen molar-refractivity contribution in [2.45, 2.75) is 72.3 Å². The number of hydrogen-bond donors (Lipinski definition) is 1. The van der Waals surface area contributed by atoms with Gasteiger partial charge in [-0.15, -0.1) is 0 Å². The summed E-state index contributed by atoms with van der Waals surface area (Å²) in [6, 6.07) is 0.561. The van der Waals surface area contributed by atoms with Crippen molar-refractivity contribution in [1.29, 1.82) is 0 Å². The molecule has 0 aromatic carbocycles. The Morgan fingerprint density at radius 3 is 2.76 bits per heavy atom. The van der Waals surface area contributed by atoms with E-state index in [1.165, 1.54) is 19.3 Å². The third-order valence-electron chi connectivity index (χ3n) is 4.39. The molecule has 2 unspecified atom stereocenters. The van der Waals surface area contributed by atoms with Gasteiger partial charge in [-0.3, -0.25) is 4.90 Å². The number of nitrogens with zero attached hydrogens (tertiary/aromatic N) is 4. The second kappa shape index (κ2) is 7.51. The highest BCUT2D eigenvalue weighted by molar-refractivity contribution is 7.71. The van der Waals surface area contributed by atoms with Crippen molar-refractivity contribution in [2.75, 3.05) is 6.54 Å². The summed E-state index contributed by atoms with van der Waals surface area (Å²) in [4.78, 5) is 2.47. The van der Waals surface area contributed by atoms with Crippen LogP contribution in [0.2, 0.25) is 0 Å². The van der Waals surface area contributed by atoms with E-state index in [1.807, 2.05) is 9.25 Å². The summed E-state index contributed by atoms with van der Waals surface area (Å²) in [5.41, 5.74) is 0. The lowest BCUT2D eigenvalue weighted by Crippen LogP contribution is -2.36. The lowest BCUT2D eigenvalue weighted by Gasteiger charge is -2.27. The van der Waals surface area contributed by atoms with Gasteiger partial charge in [0.2, 0.25) is 0 Å². The molecule has 0 bridgehead atoms. The fourth-order valence-corrected chi connectivity index (χ4v) is 3.42. The molecule has 1 aliphatic rings. The maximum atomic E-state index is 9.47. The second-order valence-electron chi connectivity index (χ2n) is 6.31. The molecule has 1 saturated heterocycles. The van der Waals surface area contributed by atoms with E-state index in [4.69, 9.17) is 12.2 Å². The van der Waals surface area contributed by atoms with Gasteiger partial charge >= 0.3 is 0 Å². The molecule has 1 aromatic heterocycles. The molecule has 0 saturated carbocycles. The maximum absolute atomic E-state index is 9.47. The lowest BCUT2D eigenvalue weighted by atomic mass is 10.1. The van der Waals surface area contributed by atoms with E-state index in [9.17, 15) is 5.11 Å². The number of hydrogen-bond acceptors (Lipinski definition) is 4. The van der Waals surface area contributed by atoms with Gasteiger partial charge in [-0.05, 0) is 44.3 Å². The quantitative estimate of drug-likeness (QED) is 0.849. The third kappa shape index (κ3) is 3.93. The van der Waals surface area contributed by atoms with Crippen LogP contribution < -0.4 is 0 Å². The molecule has 2 atom stereocenters. The Morgan fingerprint density at radius 2 is 2.10 bits per heavy atom. The fourth-order valence-electron chi connectivity index (χ4n) is 3.13. The van der Waals surface area contributed by atoms with Crippen molar-refractivity contribution >= 4 is 12.2 Å². The first-order chi connectivity index (χ1) is 10.1. The summed E-state index contributed by atoms with van der Waals surface area (Å²) in [5.74, 6) is 1.40. The van der Waals surface area contributed by atoms with Crippen LogP contribution in [0.5, 0.6) is 0 Å². The molecule has 0 spiro atoms. The van der Waals surface area contributed by atoms with Crippen LogP contribution in [0.1, 0.15) is 52.3 Å². The van der Waals surface area contributed by atoms with Gasteiger partial charge in [-0.25, -0.2) is 4.68 Å². The van der Waals surface area contributed by atoms with Gasteiger partial charge in [-0.1, -0.05) is 20.3 Å². The van der Waals surface area contributed by atoms with Crippen LogP contribution in [0, 0.1) is 10.7 Å². The minimum absolute atomic E-state index is 0.0530. The number of aliphatic hydroxyl groups excluding tert-OH is 1. The van der Waals surface area contributed by atoms with Crippen LogP contribution in [0.25, 0.3) is 0 Å². The molecular weight excluding hydrogens is 284 g/mol. The van der Waals surface area contributed by atoms with Crippen LogP contribution in [-0.2, 0) is 19.8 Å². The zero-order chi connectivity index (χ0) is 15.4. The Kier molecular flexibility index (Phi) is 5.96. The average Bonchev–Trinajstić information content (AvgIpc) is 2.65. The standard InChI is InChI=1S/C15H28N4OS/c1-4-8-18-14(10-20)16-19(15(18)21)11-17-9-12(2)6-5-7-13(17)3/h12-13,20H,4-11H2,1-3H3. The monoisotopic (exact) mass is 312 g/mol. The zero-order valence-corrected chi connectivity index (χ0v) is 14.3. The Labute approximate surface area is 132 Å². The van der Waals surface area contributed by atoms with Crippen molar-refractivity contribution in [1.82, 2.24) is 19.2 Å². The summed E-state index contributed by atoms with van der Waals surface area (Å²) in [5, 5.41) is 14.0. The van der Waals surface area contributed by atoms with Crippen molar-refractivity contribution in [2.24, 2.45) is 5.92 Å². The van der Waals surface area contributed by atoms with Crippen LogP contribution in [-0.4, -0.2) is 36.9 Å². The Hall–Kier alpha value is -0.720. The smallest absolute Gasteiger partial charge is 0.199 e. The van der Waals surface area contributed by atoms with Crippen molar-refractivity contribution in [3.8, 4) is 0 Å². The highest BCUT2D eigenvalue weighted by atomic mass is 32.1. The van der Waals surface area contributed by atoms with Crippen LogP contribution in [0.4, 0.5) is 0 Å². The first-order valence-corrected chi connectivity index (χ1v) is 8.49. The molecule has 5 nitrogen and oxygen atoms in total. The van der Waals surface area contributed by atoms with E-state index in [2.05, 4.69) is 30.8 Å². The van der Waals surface area contributed by atoms with E-state index in [0.717, 1.165) is 36.9 Å². The molecule has 120 valence electrons. The molecule has 0 aliphatic carbocycles. The van der Waals surface area contributed by atoms with E-state index in [-0.39, 0.29) is 6.61 Å². The third-order valence-corrected chi connectivity index (χ3v) is 4.82. The summed E-state index contributed by atoms with van der Waals surface area (Å²) in [6.07, 6.45) is 4.83. The van der Waals surface area contributed by atoms with Gasteiger partial charge < -0.3 is 9.67 Å². The molecule has 6 heteroatoms. The number of rotatable bonds is 5. The van der Waals surface area contributed by atoms with E-state index >= 15 is 0 Å². The van der Waals surface area contributed by atoms with Crippen molar-refractivity contribution in [3.05, 3.63) is 10.6 Å². The van der Waals surface area contributed by atoms with Crippen LogP contribution >= 0.6 is 12.2 Å². The molecule has 0 amide bonds. The molecule has 2 rings (SSSR count). The zero-order valence-electron chi connectivity index (χ0n) is 13.5. The molecular formula is C15H28N4OS. The largest absolute Gasteiger partial charge is 0.388 e. The predicted octanol–water partition coefficient (Wildman–Crippen LogP) is 2.78. The normalized spacial score (nSPS) is 24.2. The minimum atomic E-state index is -0.0530. The Bertz CT molecular complexity index is 510. The van der Waals surface area contributed by atoms with Gasteiger partial charge in [0.1, 0.15) is 6.61 Å². The Balaban J connectivity index is 2.20. The highest BCUT2D eigenvalue weighted by Gasteiger charge is 2.22. The van der Waals surface area contributed by atoms with Crippen LogP contribution in [0.3, 0.4) is 0 Å². The summed E-state index contributed by atoms with van der Waals surface area (Å²) in [6.45, 7) is 9.31. The molecule has 1 aromatic rings. The molecule has 0 radical (unpaired) electrons. The van der Waals surface area contributed by atoms with Gasteiger partial charge in [0.05, 0.1) is 6.67 Å². The van der Waals surface area contributed by atoms with Gasteiger partial charge in [-0.2, -0.15) is 5.10 Å². The summed E-state index contributed by atoms with van der Waals surface area (Å²) < 4.78 is 4.57. The predicted molar refractivity (Wildman–Crippen MR) is 86.4 cm³/mol. The van der Waals surface area contributed by atoms with Gasteiger partial charge in [0.25, 0.3) is 0 Å². The number of aromatic nitrogens is 3. The average molecular weight is 312 g/mol. The molecule has 21 heavy (non-hydrogen) atoms. The van der Waals surface area contributed by atoms with Gasteiger partial charge in [0, 0.05) is 19.1 Å². The Morgan fingerprint density at radius 1 is 1.33 bits per heavy atom. The molecule has 2 heterocycles. The SMILES string of the molecule is CCCn1c(CO)nn(CN2CC(C)CCCC2C)c1=S. The van der Waals surface area contributed by atoms with Crippen LogP contribution in [0.15, 0.2) is 0 Å². The van der Waals surface area contributed by atoms with Crippen molar-refractivity contribution in [3.63, 3.8) is 0 Å². The second-order valence-corrected chi connectivity index (χ2v) is 6.67. The molecule has 1 N–H and O–H groups in total. The number of aliphatic hydroxyl groups is 1. The topological polar surface area (TPSA) is 46.2 Å². The fraction of sp³-hybridized carbons (Fsp3) is 0.867. The van der Waals surface area contributed by atoms with Crippen molar-refractivity contribution < 1.29 is 5.11 Å². The number of likely N-dealkylation sites (tertiary alicyclic amines) is 1. The first kappa shape index (κ1) is 16.6. The summed E-state index contributed by atoms with van der Waals surface area (Å²) >= 11 is 5.54. The van der Waals surface area contributed by atoms with E-state index in [0.29, 0.717) is 11.9 Å². The van der Waals surface area contributed by atoms with E-state index in [1.54, 1.807) is 0 Å².